The van der Waals surface area contributed by atoms with Crippen LogP contribution in [-0.4, -0.2) is 48.9 Å². The Balaban J connectivity index is 1.40. The van der Waals surface area contributed by atoms with Crippen LogP contribution in [0.4, 0.5) is 5.69 Å². The van der Waals surface area contributed by atoms with Gasteiger partial charge in [0.1, 0.15) is 11.9 Å². The molecule has 0 N–H and O–H groups in total. The molecule has 9 nitrogen and oxygen atoms in total. The highest BCUT2D eigenvalue weighted by atomic mass is 32.2. The average molecular weight is 450 g/mol. The van der Waals surface area contributed by atoms with Crippen LogP contribution in [0.25, 0.3) is 10.2 Å². The lowest BCUT2D eigenvalue weighted by molar-refractivity contribution is -0.384. The van der Waals surface area contributed by atoms with Gasteiger partial charge in [0.25, 0.3) is 10.9 Å². The Labute approximate surface area is 177 Å². The van der Waals surface area contributed by atoms with Crippen molar-refractivity contribution in [3.8, 4) is 10.9 Å². The maximum atomic E-state index is 12.8. The van der Waals surface area contributed by atoms with E-state index < -0.39 is 14.9 Å². The predicted molar refractivity (Wildman–Crippen MR) is 112 cm³/mol. The van der Waals surface area contributed by atoms with Gasteiger partial charge in [-0.05, 0) is 37.1 Å². The van der Waals surface area contributed by atoms with Crippen molar-refractivity contribution in [3.63, 3.8) is 0 Å². The first-order valence-corrected chi connectivity index (χ1v) is 11.5. The molecule has 0 spiro atoms. The molecule has 1 aliphatic rings. The summed E-state index contributed by atoms with van der Waals surface area (Å²) in [5.74, 6) is 0.726. The van der Waals surface area contributed by atoms with Crippen molar-refractivity contribution >= 4 is 37.3 Å². The number of nitro groups is 1. The van der Waals surface area contributed by atoms with Gasteiger partial charge in [0, 0.05) is 31.3 Å². The molecule has 1 aromatic heterocycles. The first-order chi connectivity index (χ1) is 14.4. The SMILES string of the molecule is COc1ccc2sc(OC3CCN(S(=O)(=O)c4ccc([N+](=O)[O-])cc4)CC3)nc2c1. The Kier molecular flexibility index (Phi) is 5.58. The first kappa shape index (κ1) is 20.5. The fraction of sp³-hybridized carbons (Fsp3) is 0.316. The molecule has 2 heterocycles. The highest BCUT2D eigenvalue weighted by molar-refractivity contribution is 7.89. The first-order valence-electron chi connectivity index (χ1n) is 9.22. The number of piperidine rings is 1. The Morgan fingerprint density at radius 2 is 1.87 bits per heavy atom. The number of methoxy groups -OCH3 is 1. The van der Waals surface area contributed by atoms with Crippen molar-refractivity contribution in [2.24, 2.45) is 0 Å². The summed E-state index contributed by atoms with van der Waals surface area (Å²) >= 11 is 1.44. The monoisotopic (exact) mass is 449 g/mol. The number of nitrogens with zero attached hydrogens (tertiary/aromatic N) is 3. The lowest BCUT2D eigenvalue weighted by Crippen LogP contribution is -2.41. The van der Waals surface area contributed by atoms with Gasteiger partial charge in [-0.3, -0.25) is 10.1 Å². The number of hydrogen-bond acceptors (Lipinski definition) is 8. The largest absolute Gasteiger partial charge is 0.497 e. The molecule has 0 bridgehead atoms. The summed E-state index contributed by atoms with van der Waals surface area (Å²) in [7, 11) is -2.10. The van der Waals surface area contributed by atoms with E-state index in [4.69, 9.17) is 9.47 Å². The molecule has 11 heteroatoms. The van der Waals surface area contributed by atoms with Crippen LogP contribution in [0.2, 0.25) is 0 Å². The number of fused-ring (bicyclic) bond motifs is 1. The maximum absolute atomic E-state index is 12.8. The van der Waals surface area contributed by atoms with Crippen molar-refractivity contribution in [3.05, 3.63) is 52.6 Å². The van der Waals surface area contributed by atoms with Gasteiger partial charge in [-0.1, -0.05) is 11.3 Å². The van der Waals surface area contributed by atoms with Gasteiger partial charge >= 0.3 is 0 Å². The highest BCUT2D eigenvalue weighted by Crippen LogP contribution is 2.32. The van der Waals surface area contributed by atoms with E-state index in [2.05, 4.69) is 4.98 Å². The summed E-state index contributed by atoms with van der Waals surface area (Å²) in [6.45, 7) is 0.616. The molecule has 0 radical (unpaired) electrons. The van der Waals surface area contributed by atoms with Crippen molar-refractivity contribution in [2.45, 2.75) is 23.8 Å². The van der Waals surface area contributed by atoms with E-state index >= 15 is 0 Å². The molecular weight excluding hydrogens is 430 g/mol. The van der Waals surface area contributed by atoms with Gasteiger partial charge in [-0.2, -0.15) is 4.31 Å². The average Bonchev–Trinajstić information content (AvgIpc) is 3.15. The van der Waals surface area contributed by atoms with Crippen LogP contribution >= 0.6 is 11.3 Å². The van der Waals surface area contributed by atoms with Crippen LogP contribution in [0.5, 0.6) is 10.9 Å². The third-order valence-corrected chi connectivity index (χ3v) is 7.77. The molecule has 2 aromatic carbocycles. The summed E-state index contributed by atoms with van der Waals surface area (Å²) in [4.78, 5) is 14.7. The van der Waals surface area contributed by atoms with Crippen molar-refractivity contribution in [1.82, 2.24) is 9.29 Å². The van der Waals surface area contributed by atoms with Gasteiger partial charge in [-0.25, -0.2) is 13.4 Å². The molecule has 1 fully saturated rings. The molecule has 0 saturated carbocycles. The molecule has 3 aromatic rings. The molecule has 0 unspecified atom stereocenters. The molecular formula is C19H19N3O6S2. The van der Waals surface area contributed by atoms with E-state index in [-0.39, 0.29) is 16.7 Å². The Morgan fingerprint density at radius 3 is 2.50 bits per heavy atom. The van der Waals surface area contributed by atoms with E-state index in [1.54, 1.807) is 7.11 Å². The molecule has 4 rings (SSSR count). The summed E-state index contributed by atoms with van der Waals surface area (Å²) in [6.07, 6.45) is 0.937. The zero-order chi connectivity index (χ0) is 21.3. The maximum Gasteiger partial charge on any atom is 0.274 e. The Bertz CT molecular complexity index is 1170. The Hall–Kier alpha value is -2.76. The zero-order valence-electron chi connectivity index (χ0n) is 16.1. The predicted octanol–water partition coefficient (Wildman–Crippen LogP) is 3.45. The van der Waals surface area contributed by atoms with E-state index in [9.17, 15) is 18.5 Å². The quantitative estimate of drug-likeness (QED) is 0.418. The number of hydrogen-bond donors (Lipinski definition) is 0. The summed E-state index contributed by atoms with van der Waals surface area (Å²) in [5.41, 5.74) is 0.655. The number of rotatable bonds is 6. The minimum absolute atomic E-state index is 0.0487. The lowest BCUT2D eigenvalue weighted by Gasteiger charge is -2.30. The molecule has 1 aliphatic heterocycles. The highest BCUT2D eigenvalue weighted by Gasteiger charge is 2.31. The number of non-ortho nitro benzene ring substituents is 1. The van der Waals surface area contributed by atoms with Crippen molar-refractivity contribution in [1.29, 1.82) is 0 Å². The lowest BCUT2D eigenvalue weighted by atomic mass is 10.1. The summed E-state index contributed by atoms with van der Waals surface area (Å²) in [5, 5.41) is 11.3. The van der Waals surface area contributed by atoms with Crippen LogP contribution in [-0.2, 0) is 10.0 Å². The van der Waals surface area contributed by atoms with Crippen LogP contribution < -0.4 is 9.47 Å². The molecule has 0 aliphatic carbocycles. The molecule has 30 heavy (non-hydrogen) atoms. The van der Waals surface area contributed by atoms with E-state index in [0.29, 0.717) is 31.1 Å². The second kappa shape index (κ2) is 8.17. The number of sulfonamides is 1. The zero-order valence-corrected chi connectivity index (χ0v) is 17.7. The normalized spacial score (nSPS) is 15.9. The number of nitro benzene ring substituents is 1. The van der Waals surface area contributed by atoms with Crippen LogP contribution in [0.3, 0.4) is 0 Å². The van der Waals surface area contributed by atoms with Gasteiger partial charge in [0.05, 0.1) is 27.1 Å². The fourth-order valence-corrected chi connectivity index (χ4v) is 5.62. The van der Waals surface area contributed by atoms with Crippen LogP contribution in [0, 0.1) is 10.1 Å². The number of ether oxygens (including phenoxy) is 2. The molecule has 1 saturated heterocycles. The van der Waals surface area contributed by atoms with E-state index in [1.165, 1.54) is 39.9 Å². The number of benzene rings is 2. The van der Waals surface area contributed by atoms with Gasteiger partial charge < -0.3 is 9.47 Å². The number of thiazole rings is 1. The van der Waals surface area contributed by atoms with Gasteiger partial charge in [-0.15, -0.1) is 0 Å². The summed E-state index contributed by atoms with van der Waals surface area (Å²) in [6, 6.07) is 10.6. The Morgan fingerprint density at radius 1 is 1.17 bits per heavy atom. The smallest absolute Gasteiger partial charge is 0.274 e. The second-order valence-corrected chi connectivity index (χ2v) is 9.72. The standard InChI is InChI=1S/C19H19N3O6S2/c1-27-15-4-7-18-17(12-15)20-19(29-18)28-14-8-10-21(11-9-14)30(25,26)16-5-2-13(3-6-16)22(23)24/h2-7,12,14H,8-11H2,1H3. The number of aromatic nitrogens is 1. The summed E-state index contributed by atoms with van der Waals surface area (Å²) < 4.78 is 39.2. The minimum Gasteiger partial charge on any atom is -0.497 e. The van der Waals surface area contributed by atoms with Crippen molar-refractivity contribution in [2.75, 3.05) is 20.2 Å². The van der Waals surface area contributed by atoms with Crippen LogP contribution in [0.15, 0.2) is 47.4 Å². The van der Waals surface area contributed by atoms with Crippen LogP contribution in [0.1, 0.15) is 12.8 Å². The van der Waals surface area contributed by atoms with Gasteiger partial charge in [0.2, 0.25) is 10.0 Å². The third kappa shape index (κ3) is 4.09. The second-order valence-electron chi connectivity index (χ2n) is 6.79. The minimum atomic E-state index is -3.70. The molecule has 0 amide bonds. The van der Waals surface area contributed by atoms with E-state index in [1.807, 2.05) is 18.2 Å². The topological polar surface area (TPSA) is 112 Å². The van der Waals surface area contributed by atoms with E-state index in [0.717, 1.165) is 16.0 Å². The third-order valence-electron chi connectivity index (χ3n) is 4.93. The van der Waals surface area contributed by atoms with Gasteiger partial charge in [0.15, 0.2) is 0 Å². The van der Waals surface area contributed by atoms with Crippen molar-refractivity contribution < 1.29 is 22.8 Å². The fourth-order valence-electron chi connectivity index (χ4n) is 3.29. The molecule has 0 atom stereocenters. The molecule has 158 valence electrons.